The molecule has 0 bridgehead atoms. The van der Waals surface area contributed by atoms with E-state index in [-0.39, 0.29) is 11.5 Å². The van der Waals surface area contributed by atoms with Crippen LogP contribution in [0.2, 0.25) is 10.0 Å². The smallest absolute Gasteiger partial charge is 0.297 e. The van der Waals surface area contributed by atoms with Gasteiger partial charge in [-0.05, 0) is 36.8 Å². The van der Waals surface area contributed by atoms with Gasteiger partial charge in [0, 0.05) is 22.6 Å². The number of benzene rings is 3. The van der Waals surface area contributed by atoms with Crippen LogP contribution >= 0.6 is 23.2 Å². The number of ether oxygens (including phenoxy) is 1. The molecule has 3 aromatic rings. The van der Waals surface area contributed by atoms with E-state index in [0.29, 0.717) is 27.8 Å². The van der Waals surface area contributed by atoms with Gasteiger partial charge in [0.15, 0.2) is 0 Å². The summed E-state index contributed by atoms with van der Waals surface area (Å²) in [5.41, 5.74) is 3.39. The first kappa shape index (κ1) is 20.2. The highest BCUT2D eigenvalue weighted by atomic mass is 35.5. The van der Waals surface area contributed by atoms with Gasteiger partial charge in [0.25, 0.3) is 10.1 Å². The van der Waals surface area contributed by atoms with Gasteiger partial charge >= 0.3 is 0 Å². The van der Waals surface area contributed by atoms with Gasteiger partial charge in [0.05, 0.1) is 9.92 Å². The van der Waals surface area contributed by atoms with Gasteiger partial charge in [-0.15, -0.1) is 0 Å². The summed E-state index contributed by atoms with van der Waals surface area (Å²) in [6.45, 7) is 1.80. The van der Waals surface area contributed by atoms with E-state index < -0.39 is 16.2 Å². The predicted molar refractivity (Wildman–Crippen MR) is 114 cm³/mol. The van der Waals surface area contributed by atoms with Crippen LogP contribution in [0.1, 0.15) is 11.1 Å². The van der Waals surface area contributed by atoms with Gasteiger partial charge < -0.3 is 4.74 Å². The van der Waals surface area contributed by atoms with Crippen LogP contribution in [0.3, 0.4) is 0 Å². The van der Waals surface area contributed by atoms with E-state index in [1.165, 1.54) is 12.1 Å². The fraction of sp³-hybridized carbons (Fsp3) is 0.182. The van der Waals surface area contributed by atoms with Crippen molar-refractivity contribution in [1.82, 2.24) is 0 Å². The first-order chi connectivity index (χ1) is 13.8. The first-order valence-corrected chi connectivity index (χ1v) is 11.2. The van der Waals surface area contributed by atoms with Crippen molar-refractivity contribution in [3.8, 4) is 16.9 Å². The second-order valence-electron chi connectivity index (χ2n) is 6.89. The minimum atomic E-state index is -3.86. The van der Waals surface area contributed by atoms with Crippen molar-refractivity contribution in [3.05, 3.63) is 81.8 Å². The lowest BCUT2D eigenvalue weighted by Gasteiger charge is -2.15. The molecule has 1 unspecified atom stereocenters. The van der Waals surface area contributed by atoms with Crippen LogP contribution in [0.4, 0.5) is 0 Å². The van der Waals surface area contributed by atoms with Crippen LogP contribution in [0.5, 0.6) is 5.75 Å². The number of rotatable bonds is 5. The molecule has 4 rings (SSSR count). The Morgan fingerprint density at radius 1 is 1.00 bits per heavy atom. The number of halogens is 2. The molecule has 3 aromatic carbocycles. The Morgan fingerprint density at radius 2 is 1.72 bits per heavy atom. The summed E-state index contributed by atoms with van der Waals surface area (Å²) < 4.78 is 36.2. The average Bonchev–Trinajstić information content (AvgIpc) is 3.11. The van der Waals surface area contributed by atoms with Crippen molar-refractivity contribution in [2.45, 2.75) is 24.3 Å². The Morgan fingerprint density at radius 3 is 2.45 bits per heavy atom. The maximum atomic E-state index is 12.4. The molecule has 0 saturated heterocycles. The van der Waals surface area contributed by atoms with Crippen molar-refractivity contribution < 1.29 is 17.3 Å². The topological polar surface area (TPSA) is 52.6 Å². The third kappa shape index (κ3) is 4.14. The summed E-state index contributed by atoms with van der Waals surface area (Å²) in [6.07, 6.45) is 0.0813. The second kappa shape index (κ2) is 8.00. The molecule has 0 spiro atoms. The van der Waals surface area contributed by atoms with Crippen molar-refractivity contribution in [2.75, 3.05) is 6.61 Å². The lowest BCUT2D eigenvalue weighted by molar-refractivity contribution is 0.152. The molecule has 0 saturated carbocycles. The van der Waals surface area contributed by atoms with Crippen molar-refractivity contribution >= 4 is 33.3 Å². The zero-order chi connectivity index (χ0) is 20.6. The molecule has 0 amide bonds. The molecule has 4 nitrogen and oxygen atoms in total. The normalized spacial score (nSPS) is 15.8. The average molecular weight is 449 g/mol. The molecule has 0 N–H and O–H groups in total. The summed E-state index contributed by atoms with van der Waals surface area (Å²) in [6, 6.07) is 17.6. The fourth-order valence-electron chi connectivity index (χ4n) is 3.30. The minimum Gasteiger partial charge on any atom is -0.487 e. The van der Waals surface area contributed by atoms with Gasteiger partial charge in [-0.3, -0.25) is 4.18 Å². The summed E-state index contributed by atoms with van der Waals surface area (Å²) in [4.78, 5) is 0.124. The van der Waals surface area contributed by atoms with E-state index >= 15 is 0 Å². The van der Waals surface area contributed by atoms with E-state index in [9.17, 15) is 8.42 Å². The highest BCUT2D eigenvalue weighted by Crippen LogP contribution is 2.45. The minimum absolute atomic E-state index is 0.0928. The predicted octanol–water partition coefficient (Wildman–Crippen LogP) is 5.68. The third-order valence-electron chi connectivity index (χ3n) is 4.78. The molecule has 1 atom stereocenters. The summed E-state index contributed by atoms with van der Waals surface area (Å²) in [5, 5.41) is 1.08. The maximum absolute atomic E-state index is 12.4. The molecule has 0 fully saturated rings. The van der Waals surface area contributed by atoms with Crippen LogP contribution in [-0.4, -0.2) is 21.1 Å². The van der Waals surface area contributed by atoms with Crippen molar-refractivity contribution in [3.63, 3.8) is 0 Å². The van der Waals surface area contributed by atoms with Crippen molar-refractivity contribution in [2.24, 2.45) is 0 Å². The first-order valence-electron chi connectivity index (χ1n) is 9.04. The Labute approximate surface area is 180 Å². The molecule has 1 heterocycles. The quantitative estimate of drug-likeness (QED) is 0.471. The monoisotopic (exact) mass is 448 g/mol. The Bertz CT molecular complexity index is 1160. The van der Waals surface area contributed by atoms with Crippen LogP contribution < -0.4 is 4.74 Å². The van der Waals surface area contributed by atoms with E-state index in [2.05, 4.69) is 0 Å². The maximum Gasteiger partial charge on any atom is 0.297 e. The zero-order valence-corrected chi connectivity index (χ0v) is 17.9. The summed E-state index contributed by atoms with van der Waals surface area (Å²) in [5.74, 6) is 0.618. The SMILES string of the molecule is Cc1ccc(S(=O)(=O)OCC2Cc3ccc(Cl)c(-c4ccccc4Cl)c3O2)cc1. The molecular formula is C22H18Cl2O4S. The molecule has 150 valence electrons. The van der Waals surface area contributed by atoms with Crippen LogP contribution in [-0.2, 0) is 20.7 Å². The Kier molecular flexibility index (Phi) is 5.58. The number of aryl methyl sites for hydroxylation is 1. The highest BCUT2D eigenvalue weighted by molar-refractivity contribution is 7.86. The van der Waals surface area contributed by atoms with Crippen molar-refractivity contribution in [1.29, 1.82) is 0 Å². The van der Waals surface area contributed by atoms with Gasteiger partial charge in [0.1, 0.15) is 18.5 Å². The van der Waals surface area contributed by atoms with Gasteiger partial charge in [-0.1, -0.05) is 65.2 Å². The van der Waals surface area contributed by atoms with Crippen LogP contribution in [0.15, 0.2) is 65.6 Å². The lowest BCUT2D eigenvalue weighted by atomic mass is 10.0. The lowest BCUT2D eigenvalue weighted by Crippen LogP contribution is -2.23. The Balaban J connectivity index is 1.55. The van der Waals surface area contributed by atoms with E-state index in [1.807, 2.05) is 31.2 Å². The standard InChI is InChI=1S/C22H18Cl2O4S/c1-14-6-9-17(10-7-14)29(25,26)27-13-16-12-15-8-11-20(24)21(22(15)28-16)18-4-2-3-5-19(18)23/h2-11,16H,12-13H2,1H3. The number of hydrogen-bond acceptors (Lipinski definition) is 4. The largest absolute Gasteiger partial charge is 0.487 e. The molecule has 0 aromatic heterocycles. The Hall–Kier alpha value is -2.05. The molecule has 1 aliphatic heterocycles. The van der Waals surface area contributed by atoms with Crippen LogP contribution in [0.25, 0.3) is 11.1 Å². The fourth-order valence-corrected chi connectivity index (χ4v) is 4.71. The van der Waals surface area contributed by atoms with Crippen LogP contribution in [0, 0.1) is 6.92 Å². The molecule has 29 heavy (non-hydrogen) atoms. The van der Waals surface area contributed by atoms with E-state index in [0.717, 1.165) is 16.7 Å². The second-order valence-corrected chi connectivity index (χ2v) is 9.32. The highest BCUT2D eigenvalue weighted by Gasteiger charge is 2.30. The van der Waals surface area contributed by atoms with E-state index in [1.54, 1.807) is 24.3 Å². The third-order valence-corrected chi connectivity index (χ3v) is 6.72. The van der Waals surface area contributed by atoms with Gasteiger partial charge in [-0.2, -0.15) is 8.42 Å². The van der Waals surface area contributed by atoms with Gasteiger partial charge in [0.2, 0.25) is 0 Å². The molecule has 0 aliphatic carbocycles. The summed E-state index contributed by atoms with van der Waals surface area (Å²) >= 11 is 12.8. The molecular weight excluding hydrogens is 431 g/mol. The molecule has 0 radical (unpaired) electrons. The summed E-state index contributed by atoms with van der Waals surface area (Å²) in [7, 11) is -3.86. The number of hydrogen-bond donors (Lipinski definition) is 0. The molecule has 1 aliphatic rings. The zero-order valence-electron chi connectivity index (χ0n) is 15.6. The molecule has 7 heteroatoms. The van der Waals surface area contributed by atoms with E-state index in [4.69, 9.17) is 32.1 Å². The number of fused-ring (bicyclic) bond motifs is 1. The van der Waals surface area contributed by atoms with Gasteiger partial charge in [-0.25, -0.2) is 0 Å².